The Morgan fingerprint density at radius 2 is 2.24 bits per heavy atom. The standard InChI is InChI=1S/C16H22N2O3/c1-3-4-11(2)17-16(20)10-21-13-7-5-12-6-8-15(19)18-14(12)9-13/h5,7,9,11H,3-4,6,8,10H2,1-2H3,(H,17,20)(H,18,19). The molecule has 0 bridgehead atoms. The average Bonchev–Trinajstić information content (AvgIpc) is 2.44. The highest BCUT2D eigenvalue weighted by Crippen LogP contribution is 2.26. The number of nitrogens with one attached hydrogen (secondary N) is 2. The van der Waals surface area contributed by atoms with Crippen LogP contribution in [0.1, 0.15) is 38.7 Å². The molecule has 1 atom stereocenters. The van der Waals surface area contributed by atoms with Crippen LogP contribution in [0.5, 0.6) is 5.75 Å². The number of carbonyl (C=O) groups excluding carboxylic acids is 2. The van der Waals surface area contributed by atoms with E-state index in [2.05, 4.69) is 17.6 Å². The van der Waals surface area contributed by atoms with Gasteiger partial charge >= 0.3 is 0 Å². The van der Waals surface area contributed by atoms with Crippen molar-refractivity contribution in [3.05, 3.63) is 23.8 Å². The van der Waals surface area contributed by atoms with Crippen LogP contribution in [0.25, 0.3) is 0 Å². The number of amides is 2. The Hall–Kier alpha value is -2.04. The minimum Gasteiger partial charge on any atom is -0.484 e. The van der Waals surface area contributed by atoms with Crippen LogP contribution in [0.3, 0.4) is 0 Å². The van der Waals surface area contributed by atoms with Gasteiger partial charge in [0.25, 0.3) is 5.91 Å². The summed E-state index contributed by atoms with van der Waals surface area (Å²) >= 11 is 0. The highest BCUT2D eigenvalue weighted by Gasteiger charge is 2.15. The number of anilines is 1. The van der Waals surface area contributed by atoms with Crippen molar-refractivity contribution in [3.63, 3.8) is 0 Å². The van der Waals surface area contributed by atoms with Crippen molar-refractivity contribution in [3.8, 4) is 5.75 Å². The number of hydrogen-bond donors (Lipinski definition) is 2. The van der Waals surface area contributed by atoms with Crippen molar-refractivity contribution >= 4 is 17.5 Å². The Bertz CT molecular complexity index is 528. The maximum absolute atomic E-state index is 11.7. The molecule has 0 saturated carbocycles. The van der Waals surface area contributed by atoms with E-state index < -0.39 is 0 Å². The topological polar surface area (TPSA) is 67.4 Å². The molecule has 1 aromatic rings. The first-order valence-electron chi connectivity index (χ1n) is 7.43. The van der Waals surface area contributed by atoms with E-state index in [4.69, 9.17) is 4.74 Å². The van der Waals surface area contributed by atoms with Gasteiger partial charge in [0, 0.05) is 24.2 Å². The Morgan fingerprint density at radius 3 is 3.00 bits per heavy atom. The molecule has 1 unspecified atom stereocenters. The summed E-state index contributed by atoms with van der Waals surface area (Å²) in [5, 5.41) is 5.70. The molecule has 0 radical (unpaired) electrons. The van der Waals surface area contributed by atoms with Gasteiger partial charge < -0.3 is 15.4 Å². The first kappa shape index (κ1) is 15.4. The fourth-order valence-electron chi connectivity index (χ4n) is 2.41. The van der Waals surface area contributed by atoms with Crippen LogP contribution in [-0.4, -0.2) is 24.5 Å². The lowest BCUT2D eigenvalue weighted by atomic mass is 10.0. The molecule has 5 heteroatoms. The minimum absolute atomic E-state index is 0.0131. The molecule has 2 rings (SSSR count). The fourth-order valence-corrected chi connectivity index (χ4v) is 2.41. The summed E-state index contributed by atoms with van der Waals surface area (Å²) < 4.78 is 5.48. The van der Waals surface area contributed by atoms with Gasteiger partial charge in [0.1, 0.15) is 5.75 Å². The van der Waals surface area contributed by atoms with Gasteiger partial charge in [0.05, 0.1) is 0 Å². The molecule has 2 N–H and O–H groups in total. The Labute approximate surface area is 125 Å². The van der Waals surface area contributed by atoms with Crippen LogP contribution in [0.15, 0.2) is 18.2 Å². The van der Waals surface area contributed by atoms with E-state index >= 15 is 0 Å². The Morgan fingerprint density at radius 1 is 1.43 bits per heavy atom. The molecule has 5 nitrogen and oxygen atoms in total. The van der Waals surface area contributed by atoms with Crippen LogP contribution in [0, 0.1) is 0 Å². The number of ether oxygens (including phenoxy) is 1. The predicted molar refractivity (Wildman–Crippen MR) is 81.4 cm³/mol. The number of fused-ring (bicyclic) bond motifs is 1. The molecular weight excluding hydrogens is 268 g/mol. The molecule has 0 aliphatic carbocycles. The van der Waals surface area contributed by atoms with Gasteiger partial charge in [0.15, 0.2) is 6.61 Å². The van der Waals surface area contributed by atoms with Gasteiger partial charge in [-0.05, 0) is 31.4 Å². The normalized spacial score (nSPS) is 14.9. The highest BCUT2D eigenvalue weighted by molar-refractivity contribution is 5.94. The first-order chi connectivity index (χ1) is 10.1. The molecule has 2 amide bonds. The molecule has 1 aromatic carbocycles. The van der Waals surface area contributed by atoms with Crippen molar-refractivity contribution in [2.75, 3.05) is 11.9 Å². The molecule has 114 valence electrons. The van der Waals surface area contributed by atoms with Crippen molar-refractivity contribution in [2.24, 2.45) is 0 Å². The third-order valence-corrected chi connectivity index (χ3v) is 3.48. The summed E-state index contributed by atoms with van der Waals surface area (Å²) in [5.74, 6) is 0.484. The molecule has 0 fully saturated rings. The summed E-state index contributed by atoms with van der Waals surface area (Å²) in [6.45, 7) is 4.05. The summed E-state index contributed by atoms with van der Waals surface area (Å²) in [7, 11) is 0. The van der Waals surface area contributed by atoms with Gasteiger partial charge in [-0.3, -0.25) is 9.59 Å². The van der Waals surface area contributed by atoms with Crippen molar-refractivity contribution in [2.45, 2.75) is 45.6 Å². The third-order valence-electron chi connectivity index (χ3n) is 3.48. The quantitative estimate of drug-likeness (QED) is 0.844. The lowest BCUT2D eigenvalue weighted by Gasteiger charge is -2.18. The number of hydrogen-bond acceptors (Lipinski definition) is 3. The van der Waals surface area contributed by atoms with Crippen LogP contribution in [0.2, 0.25) is 0 Å². The van der Waals surface area contributed by atoms with Gasteiger partial charge in [-0.2, -0.15) is 0 Å². The zero-order chi connectivity index (χ0) is 15.2. The summed E-state index contributed by atoms with van der Waals surface area (Å²) in [6, 6.07) is 5.70. The number of rotatable bonds is 6. The van der Waals surface area contributed by atoms with Gasteiger partial charge in [-0.25, -0.2) is 0 Å². The predicted octanol–water partition coefficient (Wildman–Crippen LogP) is 2.25. The van der Waals surface area contributed by atoms with E-state index in [9.17, 15) is 9.59 Å². The SMILES string of the molecule is CCCC(C)NC(=O)COc1ccc2c(c1)NC(=O)CC2. The van der Waals surface area contributed by atoms with Gasteiger partial charge in [-0.1, -0.05) is 19.4 Å². The number of aryl methyl sites for hydroxylation is 1. The second kappa shape index (κ2) is 7.11. The molecule has 0 aromatic heterocycles. The second-order valence-corrected chi connectivity index (χ2v) is 5.41. The highest BCUT2D eigenvalue weighted by atomic mass is 16.5. The van der Waals surface area contributed by atoms with Crippen molar-refractivity contribution in [1.82, 2.24) is 5.32 Å². The van der Waals surface area contributed by atoms with Crippen LogP contribution in [-0.2, 0) is 16.0 Å². The van der Waals surface area contributed by atoms with Gasteiger partial charge in [0.2, 0.25) is 5.91 Å². The monoisotopic (exact) mass is 290 g/mol. The summed E-state index contributed by atoms with van der Waals surface area (Å²) in [5.41, 5.74) is 1.88. The minimum atomic E-state index is -0.127. The maximum atomic E-state index is 11.7. The molecule has 0 saturated heterocycles. The Balaban J connectivity index is 1.87. The smallest absolute Gasteiger partial charge is 0.258 e. The van der Waals surface area contributed by atoms with E-state index in [1.165, 1.54) is 0 Å². The molecule has 21 heavy (non-hydrogen) atoms. The first-order valence-corrected chi connectivity index (χ1v) is 7.43. The molecule has 1 aliphatic heterocycles. The van der Waals surface area contributed by atoms with E-state index in [1.807, 2.05) is 19.1 Å². The molecule has 1 aliphatic rings. The van der Waals surface area contributed by atoms with Crippen LogP contribution in [0.4, 0.5) is 5.69 Å². The summed E-state index contributed by atoms with van der Waals surface area (Å²) in [4.78, 5) is 23.1. The van der Waals surface area contributed by atoms with Crippen molar-refractivity contribution < 1.29 is 14.3 Å². The average molecular weight is 290 g/mol. The fraction of sp³-hybridized carbons (Fsp3) is 0.500. The largest absolute Gasteiger partial charge is 0.484 e. The van der Waals surface area contributed by atoms with E-state index in [0.29, 0.717) is 12.2 Å². The van der Waals surface area contributed by atoms with Crippen LogP contribution < -0.4 is 15.4 Å². The summed E-state index contributed by atoms with van der Waals surface area (Å²) in [6.07, 6.45) is 3.25. The van der Waals surface area contributed by atoms with Crippen LogP contribution >= 0.6 is 0 Å². The maximum Gasteiger partial charge on any atom is 0.258 e. The zero-order valence-electron chi connectivity index (χ0n) is 12.6. The zero-order valence-corrected chi connectivity index (χ0v) is 12.6. The van der Waals surface area contributed by atoms with E-state index in [0.717, 1.165) is 30.5 Å². The van der Waals surface area contributed by atoms with Gasteiger partial charge in [-0.15, -0.1) is 0 Å². The van der Waals surface area contributed by atoms with E-state index in [1.54, 1.807) is 6.07 Å². The van der Waals surface area contributed by atoms with Crippen molar-refractivity contribution in [1.29, 1.82) is 0 Å². The third kappa shape index (κ3) is 4.48. The second-order valence-electron chi connectivity index (χ2n) is 5.41. The molecule has 0 spiro atoms. The number of benzene rings is 1. The molecule has 1 heterocycles. The lowest BCUT2D eigenvalue weighted by molar-refractivity contribution is -0.123. The Kier molecular flexibility index (Phi) is 5.20. The number of carbonyl (C=O) groups is 2. The lowest BCUT2D eigenvalue weighted by Crippen LogP contribution is -2.35. The van der Waals surface area contributed by atoms with E-state index in [-0.39, 0.29) is 24.5 Å². The molecular formula is C16H22N2O3.